The molecule has 264 valence electrons. The number of nitrogens with zero attached hydrogens (tertiary/aromatic N) is 6. The van der Waals surface area contributed by atoms with Crippen molar-refractivity contribution in [1.29, 1.82) is 0 Å². The molecular formula is C36H24B3Br3N6O6. The Hall–Kier alpha value is -4.97. The van der Waals surface area contributed by atoms with E-state index in [0.717, 1.165) is 13.4 Å². The summed E-state index contributed by atoms with van der Waals surface area (Å²) >= 11 is 10.2. The number of halogens is 3. The molecule has 3 N–H and O–H groups in total. The van der Waals surface area contributed by atoms with Gasteiger partial charge in [-0.25, -0.2) is 0 Å². The van der Waals surface area contributed by atoms with Crippen LogP contribution in [0.5, 0.6) is 17.2 Å². The van der Waals surface area contributed by atoms with Gasteiger partial charge in [0, 0.05) is 29.8 Å². The summed E-state index contributed by atoms with van der Waals surface area (Å²) < 4.78 is 21.5. The molecule has 6 aromatic carbocycles. The highest BCUT2D eigenvalue weighted by Crippen LogP contribution is 2.28. The van der Waals surface area contributed by atoms with E-state index >= 15 is 0 Å². The van der Waals surface area contributed by atoms with E-state index in [-0.39, 0.29) is 33.6 Å². The maximum atomic E-state index is 11.1. The van der Waals surface area contributed by atoms with Crippen LogP contribution in [-0.2, 0) is 13.7 Å². The minimum Gasteiger partial charge on any atom is -0.508 e. The van der Waals surface area contributed by atoms with Crippen molar-refractivity contribution in [3.05, 3.63) is 141 Å². The average Bonchev–Trinajstić information content (AvgIpc) is 3.18. The quantitative estimate of drug-likeness (QED) is 0.0967. The monoisotopic (exact) mass is 906 g/mol. The number of benzene rings is 6. The Balaban J connectivity index is 1.24. The Kier molecular flexibility index (Phi) is 11.8. The van der Waals surface area contributed by atoms with Crippen LogP contribution in [0, 0.1) is 0 Å². The number of azo groups is 3. The predicted molar refractivity (Wildman–Crippen MR) is 219 cm³/mol. The van der Waals surface area contributed by atoms with Crippen LogP contribution in [0.2, 0.25) is 0 Å². The highest BCUT2D eigenvalue weighted by Gasteiger charge is 2.46. The lowest BCUT2D eigenvalue weighted by Crippen LogP contribution is -2.61. The minimum absolute atomic E-state index is 0.162. The van der Waals surface area contributed by atoms with E-state index in [0.29, 0.717) is 34.1 Å². The van der Waals surface area contributed by atoms with E-state index in [1.165, 1.54) is 18.2 Å². The fraction of sp³-hybridized carbons (Fsp3) is 0. The van der Waals surface area contributed by atoms with E-state index in [2.05, 4.69) is 78.5 Å². The third-order valence-electron chi connectivity index (χ3n) is 7.86. The molecule has 1 aliphatic heterocycles. The molecule has 18 heteroatoms. The number of hydrogen-bond acceptors (Lipinski definition) is 12. The molecule has 0 aromatic heterocycles. The van der Waals surface area contributed by atoms with Crippen molar-refractivity contribution in [2.24, 2.45) is 30.7 Å². The molecule has 0 unspecified atom stereocenters. The normalized spacial score (nSPS) is 13.5. The van der Waals surface area contributed by atoms with Crippen molar-refractivity contribution in [2.75, 3.05) is 0 Å². The van der Waals surface area contributed by atoms with Gasteiger partial charge in [-0.3, -0.25) is 0 Å². The Bertz CT molecular complexity index is 2110. The Morgan fingerprint density at radius 2 is 0.556 bits per heavy atom. The van der Waals surface area contributed by atoms with Gasteiger partial charge in [0.05, 0.1) is 34.1 Å². The molecule has 6 aromatic rings. The summed E-state index contributed by atoms with van der Waals surface area (Å²) in [4.78, 5) is 0. The van der Waals surface area contributed by atoms with Crippen molar-refractivity contribution >= 4 is 120 Å². The van der Waals surface area contributed by atoms with Crippen LogP contribution in [-0.4, -0.2) is 36.7 Å². The first-order valence-electron chi connectivity index (χ1n) is 16.1. The second-order valence-corrected chi connectivity index (χ2v) is 14.4. The summed E-state index contributed by atoms with van der Waals surface area (Å²) in [5.74, 6) is -0.487. The standard InChI is InChI=1S/C36H24B3Br3N6O6/c40-22-1-7-25(8-2-22)43-46-28-13-16-34(49)31(19-28)37-52-38(32-20-29(14-17-35(32)50)47-44-26-9-3-23(41)4-10-26)54-39(53-37)33-21-30(15-18-36(33)51)48-45-27-11-5-24(42)6-12-27/h1-21,49-51H. The third kappa shape index (κ3) is 9.39. The summed E-state index contributed by atoms with van der Waals surface area (Å²) in [5, 5.41) is 59.1. The molecule has 1 saturated heterocycles. The second kappa shape index (κ2) is 17.0. The van der Waals surface area contributed by atoms with Gasteiger partial charge in [-0.1, -0.05) is 47.8 Å². The zero-order chi connectivity index (χ0) is 37.6. The molecule has 0 bridgehead atoms. The fourth-order valence-corrected chi connectivity index (χ4v) is 5.91. The lowest BCUT2D eigenvalue weighted by molar-refractivity contribution is 0.306. The van der Waals surface area contributed by atoms with E-state index in [4.69, 9.17) is 13.7 Å². The van der Waals surface area contributed by atoms with E-state index in [1.54, 1.807) is 72.8 Å². The molecule has 1 fully saturated rings. The van der Waals surface area contributed by atoms with Gasteiger partial charge in [0.15, 0.2) is 0 Å². The SMILES string of the molecule is Oc1ccc(N=Nc2ccc(Br)cc2)cc1B1OB(c2cc(N=Nc3ccc(Br)cc3)ccc2O)OB(c2cc(N=Nc3ccc(Br)cc3)ccc2O)O1. The van der Waals surface area contributed by atoms with Crippen molar-refractivity contribution in [3.63, 3.8) is 0 Å². The lowest BCUT2D eigenvalue weighted by atomic mass is 9.61. The van der Waals surface area contributed by atoms with Crippen LogP contribution in [0.25, 0.3) is 0 Å². The number of aromatic hydroxyl groups is 3. The number of hydrogen-bond donors (Lipinski definition) is 3. The largest absolute Gasteiger partial charge is 0.508 e. The van der Waals surface area contributed by atoms with Crippen molar-refractivity contribution in [2.45, 2.75) is 0 Å². The molecule has 7 rings (SSSR count). The van der Waals surface area contributed by atoms with E-state index in [9.17, 15) is 15.3 Å². The summed E-state index contributed by atoms with van der Waals surface area (Å²) in [5.41, 5.74) is 3.62. The van der Waals surface area contributed by atoms with Crippen LogP contribution < -0.4 is 16.4 Å². The Morgan fingerprint density at radius 3 is 0.815 bits per heavy atom. The van der Waals surface area contributed by atoms with E-state index in [1.807, 2.05) is 36.4 Å². The molecule has 1 heterocycles. The molecule has 0 saturated carbocycles. The summed E-state index contributed by atoms with van der Waals surface area (Å²) in [6, 6.07) is 35.7. The van der Waals surface area contributed by atoms with Crippen molar-refractivity contribution < 1.29 is 29.0 Å². The van der Waals surface area contributed by atoms with Gasteiger partial charge in [-0.15, -0.1) is 0 Å². The highest BCUT2D eigenvalue weighted by molar-refractivity contribution is 9.11. The Labute approximate surface area is 335 Å². The van der Waals surface area contributed by atoms with Gasteiger partial charge < -0.3 is 29.0 Å². The lowest BCUT2D eigenvalue weighted by Gasteiger charge is -2.32. The smallest absolute Gasteiger partial charge is 0.470 e. The molecule has 0 amide bonds. The average molecular weight is 909 g/mol. The summed E-state index contributed by atoms with van der Waals surface area (Å²) in [7, 11) is -3.88. The van der Waals surface area contributed by atoms with Crippen LogP contribution in [0.15, 0.2) is 171 Å². The summed E-state index contributed by atoms with van der Waals surface area (Å²) in [6.45, 7) is 0. The van der Waals surface area contributed by atoms with Gasteiger partial charge in [0.1, 0.15) is 17.2 Å². The van der Waals surface area contributed by atoms with Crippen LogP contribution >= 0.6 is 47.8 Å². The van der Waals surface area contributed by atoms with Crippen LogP contribution in [0.4, 0.5) is 34.1 Å². The van der Waals surface area contributed by atoms with Gasteiger partial charge >= 0.3 is 21.4 Å². The molecular weight excluding hydrogens is 885 g/mol. The first-order chi connectivity index (χ1) is 26.2. The molecule has 54 heavy (non-hydrogen) atoms. The van der Waals surface area contributed by atoms with Crippen LogP contribution in [0.1, 0.15) is 0 Å². The van der Waals surface area contributed by atoms with Gasteiger partial charge in [0.2, 0.25) is 0 Å². The molecule has 0 spiro atoms. The maximum absolute atomic E-state index is 11.1. The fourth-order valence-electron chi connectivity index (χ4n) is 5.12. The Morgan fingerprint density at radius 1 is 0.333 bits per heavy atom. The molecule has 1 aliphatic rings. The maximum Gasteiger partial charge on any atom is 0.470 e. The summed E-state index contributed by atoms with van der Waals surface area (Å²) in [6.07, 6.45) is 0. The zero-order valence-electron chi connectivity index (χ0n) is 27.7. The topological polar surface area (TPSA) is 163 Å². The number of phenolic OH excluding ortho intramolecular Hbond substituents is 3. The number of phenols is 3. The van der Waals surface area contributed by atoms with Gasteiger partial charge in [-0.2, -0.15) is 30.7 Å². The molecule has 0 atom stereocenters. The highest BCUT2D eigenvalue weighted by atomic mass is 79.9. The van der Waals surface area contributed by atoms with Gasteiger partial charge in [0.25, 0.3) is 0 Å². The second-order valence-electron chi connectivity index (χ2n) is 11.7. The van der Waals surface area contributed by atoms with E-state index < -0.39 is 21.4 Å². The minimum atomic E-state index is -1.29. The van der Waals surface area contributed by atoms with Crippen molar-refractivity contribution in [3.8, 4) is 17.2 Å². The first-order valence-corrected chi connectivity index (χ1v) is 18.5. The molecule has 0 aliphatic carbocycles. The molecule has 12 nitrogen and oxygen atoms in total. The predicted octanol–water partition coefficient (Wildman–Crippen LogP) is 9.89. The third-order valence-corrected chi connectivity index (χ3v) is 9.45. The van der Waals surface area contributed by atoms with Crippen LogP contribution in [0.3, 0.4) is 0 Å². The molecule has 0 radical (unpaired) electrons. The number of rotatable bonds is 9. The zero-order valence-corrected chi connectivity index (χ0v) is 32.5. The van der Waals surface area contributed by atoms with Crippen molar-refractivity contribution in [1.82, 2.24) is 0 Å². The van der Waals surface area contributed by atoms with Gasteiger partial charge in [-0.05, 0) is 127 Å². The first kappa shape index (κ1) is 37.4.